The molecule has 7 nitrogen and oxygen atoms in total. The van der Waals surface area contributed by atoms with E-state index in [2.05, 4.69) is 0 Å². The van der Waals surface area contributed by atoms with Crippen molar-refractivity contribution in [3.8, 4) is 23.0 Å². The Morgan fingerprint density at radius 2 is 1.43 bits per heavy atom. The molecule has 0 amide bonds. The lowest BCUT2D eigenvalue weighted by atomic mass is 10.3. The minimum absolute atomic E-state index is 0.402. The standard InChI is InChI=1S/C6H6O7S/c7-2-1-3(14(11,12)13)5(9)6(10)4(2)8/h1,7-10H,(H,11,12,13). The Morgan fingerprint density at radius 3 is 1.86 bits per heavy atom. The summed E-state index contributed by atoms with van der Waals surface area (Å²) in [6.07, 6.45) is 0. The second kappa shape index (κ2) is 2.93. The van der Waals surface area contributed by atoms with E-state index in [0.29, 0.717) is 6.07 Å². The Labute approximate surface area is 78.2 Å². The van der Waals surface area contributed by atoms with Crippen LogP contribution in [0.3, 0.4) is 0 Å². The summed E-state index contributed by atoms with van der Waals surface area (Å²) in [7, 11) is -4.78. The average Bonchev–Trinajstić information content (AvgIpc) is 2.06. The van der Waals surface area contributed by atoms with Gasteiger partial charge in [0.25, 0.3) is 10.1 Å². The first-order valence-corrected chi connectivity index (χ1v) is 4.63. The van der Waals surface area contributed by atoms with Crippen LogP contribution in [-0.4, -0.2) is 33.4 Å². The highest BCUT2D eigenvalue weighted by molar-refractivity contribution is 7.86. The summed E-state index contributed by atoms with van der Waals surface area (Å²) in [6, 6.07) is 0.402. The highest BCUT2D eigenvalue weighted by Gasteiger charge is 2.23. The SMILES string of the molecule is O=S(=O)(O)c1cc(O)c(O)c(O)c1O. The number of hydrogen-bond acceptors (Lipinski definition) is 6. The van der Waals surface area contributed by atoms with Gasteiger partial charge in [0.15, 0.2) is 11.5 Å². The fourth-order valence-electron chi connectivity index (χ4n) is 0.808. The van der Waals surface area contributed by atoms with Gasteiger partial charge in [-0.2, -0.15) is 8.42 Å². The summed E-state index contributed by atoms with van der Waals surface area (Å²) in [5.74, 6) is -4.51. The molecule has 1 aromatic carbocycles. The van der Waals surface area contributed by atoms with E-state index in [0.717, 1.165) is 0 Å². The molecule has 0 bridgehead atoms. The summed E-state index contributed by atoms with van der Waals surface area (Å²) >= 11 is 0. The van der Waals surface area contributed by atoms with Crippen molar-refractivity contribution in [2.45, 2.75) is 4.90 Å². The largest absolute Gasteiger partial charge is 0.504 e. The van der Waals surface area contributed by atoms with Crippen molar-refractivity contribution in [1.82, 2.24) is 0 Å². The number of benzene rings is 1. The van der Waals surface area contributed by atoms with Crippen LogP contribution in [0.15, 0.2) is 11.0 Å². The molecular weight excluding hydrogens is 216 g/mol. The monoisotopic (exact) mass is 222 g/mol. The predicted molar refractivity (Wildman–Crippen MR) is 42.9 cm³/mol. The van der Waals surface area contributed by atoms with Crippen molar-refractivity contribution in [3.63, 3.8) is 0 Å². The molecule has 1 aromatic rings. The summed E-state index contributed by atoms with van der Waals surface area (Å²) in [5, 5.41) is 35.6. The molecule has 8 heteroatoms. The fourth-order valence-corrected chi connectivity index (χ4v) is 1.41. The second-order valence-corrected chi connectivity index (χ2v) is 3.80. The van der Waals surface area contributed by atoms with Gasteiger partial charge in [0.2, 0.25) is 11.5 Å². The molecule has 5 N–H and O–H groups in total. The molecular formula is C6H6O7S. The number of hydrogen-bond donors (Lipinski definition) is 5. The molecule has 0 atom stereocenters. The molecule has 0 unspecified atom stereocenters. The van der Waals surface area contributed by atoms with Crippen molar-refractivity contribution in [1.29, 1.82) is 0 Å². The van der Waals surface area contributed by atoms with E-state index in [9.17, 15) is 8.42 Å². The quantitative estimate of drug-likeness (QED) is 0.251. The first-order valence-electron chi connectivity index (χ1n) is 3.19. The maximum Gasteiger partial charge on any atom is 0.298 e. The Morgan fingerprint density at radius 1 is 0.929 bits per heavy atom. The van der Waals surface area contributed by atoms with Crippen LogP contribution < -0.4 is 0 Å². The zero-order valence-electron chi connectivity index (χ0n) is 6.54. The van der Waals surface area contributed by atoms with E-state index >= 15 is 0 Å². The van der Waals surface area contributed by atoms with Crippen LogP contribution in [-0.2, 0) is 10.1 Å². The number of phenols is 4. The van der Waals surface area contributed by atoms with Crippen LogP contribution in [0, 0.1) is 0 Å². The minimum Gasteiger partial charge on any atom is -0.504 e. The van der Waals surface area contributed by atoms with Gasteiger partial charge in [-0.1, -0.05) is 0 Å². The number of rotatable bonds is 1. The van der Waals surface area contributed by atoms with E-state index in [1.165, 1.54) is 0 Å². The van der Waals surface area contributed by atoms with Crippen LogP contribution in [0.4, 0.5) is 0 Å². The van der Waals surface area contributed by atoms with Gasteiger partial charge in [-0.05, 0) is 0 Å². The molecule has 0 saturated heterocycles. The molecule has 1 rings (SSSR count). The normalized spacial score (nSPS) is 11.5. The average molecular weight is 222 g/mol. The molecule has 14 heavy (non-hydrogen) atoms. The lowest BCUT2D eigenvalue weighted by Crippen LogP contribution is -1.98. The summed E-state index contributed by atoms with van der Waals surface area (Å²) in [6.45, 7) is 0. The van der Waals surface area contributed by atoms with Crippen LogP contribution in [0.1, 0.15) is 0 Å². The maximum absolute atomic E-state index is 10.6. The smallest absolute Gasteiger partial charge is 0.298 e. The highest BCUT2D eigenvalue weighted by Crippen LogP contribution is 2.45. The Balaban J connectivity index is 3.66. The van der Waals surface area contributed by atoms with Crippen molar-refractivity contribution in [3.05, 3.63) is 6.07 Å². The van der Waals surface area contributed by atoms with Crippen molar-refractivity contribution in [2.75, 3.05) is 0 Å². The lowest BCUT2D eigenvalue weighted by molar-refractivity contribution is 0.338. The third-order valence-corrected chi connectivity index (χ3v) is 2.34. The van der Waals surface area contributed by atoms with Crippen LogP contribution in [0.2, 0.25) is 0 Å². The molecule has 0 radical (unpaired) electrons. The summed E-state index contributed by atoms with van der Waals surface area (Å²) in [5.41, 5.74) is 0. The lowest BCUT2D eigenvalue weighted by Gasteiger charge is -2.06. The molecule has 0 fully saturated rings. The van der Waals surface area contributed by atoms with Gasteiger partial charge in [0.1, 0.15) is 4.90 Å². The van der Waals surface area contributed by atoms with Gasteiger partial charge in [0, 0.05) is 6.07 Å². The van der Waals surface area contributed by atoms with Gasteiger partial charge in [-0.25, -0.2) is 0 Å². The molecule has 0 aliphatic rings. The highest BCUT2D eigenvalue weighted by atomic mass is 32.2. The molecule has 0 aromatic heterocycles. The third kappa shape index (κ3) is 1.52. The summed E-state index contributed by atoms with van der Waals surface area (Å²) < 4.78 is 29.6. The van der Waals surface area contributed by atoms with Crippen LogP contribution in [0.5, 0.6) is 23.0 Å². The minimum atomic E-state index is -4.78. The van der Waals surface area contributed by atoms with E-state index in [4.69, 9.17) is 25.0 Å². The first-order chi connectivity index (χ1) is 6.25. The van der Waals surface area contributed by atoms with Gasteiger partial charge in [-0.3, -0.25) is 4.55 Å². The molecule has 0 spiro atoms. The topological polar surface area (TPSA) is 135 Å². The molecule has 78 valence electrons. The Hall–Kier alpha value is -1.67. The van der Waals surface area contributed by atoms with Crippen molar-refractivity contribution in [2.24, 2.45) is 0 Å². The van der Waals surface area contributed by atoms with Gasteiger partial charge >= 0.3 is 0 Å². The number of phenolic OH excluding ortho intramolecular Hbond substituents is 4. The molecule has 0 aliphatic heterocycles. The fraction of sp³-hybridized carbons (Fsp3) is 0. The molecule has 0 heterocycles. The van der Waals surface area contributed by atoms with Gasteiger partial charge < -0.3 is 20.4 Å². The van der Waals surface area contributed by atoms with Crippen LogP contribution >= 0.6 is 0 Å². The second-order valence-electron chi connectivity index (χ2n) is 2.41. The maximum atomic E-state index is 10.6. The Bertz CT molecular complexity index is 475. The Kier molecular flexibility index (Phi) is 2.18. The van der Waals surface area contributed by atoms with Crippen LogP contribution in [0.25, 0.3) is 0 Å². The van der Waals surface area contributed by atoms with E-state index < -0.39 is 38.0 Å². The zero-order chi connectivity index (χ0) is 11.1. The summed E-state index contributed by atoms with van der Waals surface area (Å²) in [4.78, 5) is -1.09. The first kappa shape index (κ1) is 10.4. The van der Waals surface area contributed by atoms with Crippen molar-refractivity contribution < 1.29 is 33.4 Å². The van der Waals surface area contributed by atoms with E-state index in [-0.39, 0.29) is 0 Å². The van der Waals surface area contributed by atoms with Gasteiger partial charge in [0.05, 0.1) is 0 Å². The molecule has 0 saturated carbocycles. The zero-order valence-corrected chi connectivity index (χ0v) is 7.35. The third-order valence-electron chi connectivity index (χ3n) is 1.47. The molecule has 0 aliphatic carbocycles. The van der Waals surface area contributed by atoms with Crippen molar-refractivity contribution >= 4 is 10.1 Å². The van der Waals surface area contributed by atoms with Gasteiger partial charge in [-0.15, -0.1) is 0 Å². The number of aromatic hydroxyl groups is 4. The van der Waals surface area contributed by atoms with E-state index in [1.54, 1.807) is 0 Å². The van der Waals surface area contributed by atoms with E-state index in [1.807, 2.05) is 0 Å². The predicted octanol–water partition coefficient (Wildman–Crippen LogP) is -0.244.